The van der Waals surface area contributed by atoms with Gasteiger partial charge < -0.3 is 10.3 Å². The molecule has 0 fully saturated rings. The number of likely N-dealkylation sites (N-methyl/N-ethyl adjacent to an activating group) is 1. The lowest BCUT2D eigenvalue weighted by atomic mass is 10.0. The van der Waals surface area contributed by atoms with Gasteiger partial charge >= 0.3 is 0 Å². The summed E-state index contributed by atoms with van der Waals surface area (Å²) in [7, 11) is 0. The number of amides is 1. The van der Waals surface area contributed by atoms with Gasteiger partial charge in [-0.15, -0.1) is 0 Å². The molecule has 5 heteroatoms. The average molecular weight is 327 g/mol. The Labute approximate surface area is 142 Å². The van der Waals surface area contributed by atoms with Gasteiger partial charge in [-0.3, -0.25) is 14.5 Å². The minimum atomic E-state index is -0.355. The number of nitrogens with one attached hydrogen (secondary N) is 2. The molecule has 24 heavy (non-hydrogen) atoms. The molecule has 1 aromatic heterocycles. The number of aromatic amines is 1. The minimum absolute atomic E-state index is 0.0784. The molecule has 1 aromatic carbocycles. The summed E-state index contributed by atoms with van der Waals surface area (Å²) in [5.41, 5.74) is 1.68. The first kappa shape index (κ1) is 17.9. The first-order chi connectivity index (χ1) is 11.6. The number of aromatic nitrogens is 1. The second kappa shape index (κ2) is 8.45. The topological polar surface area (TPSA) is 65.2 Å². The second-order valence-electron chi connectivity index (χ2n) is 5.74. The number of nitrogens with zero attached hydrogens (tertiary/aromatic N) is 1. The molecule has 5 nitrogen and oxygen atoms in total. The smallest absolute Gasteiger partial charge is 0.260 e. The summed E-state index contributed by atoms with van der Waals surface area (Å²) in [6.07, 6.45) is 0. The summed E-state index contributed by atoms with van der Waals surface area (Å²) in [6, 6.07) is 13.5. The molecule has 128 valence electrons. The van der Waals surface area contributed by atoms with Crippen molar-refractivity contribution in [2.45, 2.75) is 26.8 Å². The number of pyridine rings is 1. The molecule has 0 bridgehead atoms. The molecule has 0 radical (unpaired) electrons. The highest BCUT2D eigenvalue weighted by Gasteiger charge is 2.19. The maximum absolute atomic E-state index is 12.4. The van der Waals surface area contributed by atoms with Crippen molar-refractivity contribution in [1.29, 1.82) is 0 Å². The van der Waals surface area contributed by atoms with Gasteiger partial charge in [-0.25, -0.2) is 0 Å². The Bertz CT molecular complexity index is 721. The van der Waals surface area contributed by atoms with Crippen LogP contribution in [0.25, 0.3) is 0 Å². The fraction of sp³-hybridized carbons (Fsp3) is 0.368. The monoisotopic (exact) mass is 327 g/mol. The second-order valence-corrected chi connectivity index (χ2v) is 5.74. The molecule has 2 N–H and O–H groups in total. The van der Waals surface area contributed by atoms with E-state index in [4.69, 9.17) is 0 Å². The molecule has 1 amide bonds. The van der Waals surface area contributed by atoms with E-state index in [-0.39, 0.29) is 23.1 Å². The van der Waals surface area contributed by atoms with Crippen LogP contribution >= 0.6 is 0 Å². The quantitative estimate of drug-likeness (QED) is 0.821. The van der Waals surface area contributed by atoms with Gasteiger partial charge in [0, 0.05) is 12.2 Å². The number of H-pyrrole nitrogens is 1. The van der Waals surface area contributed by atoms with Crippen LogP contribution in [0.1, 0.15) is 41.5 Å². The van der Waals surface area contributed by atoms with Crippen molar-refractivity contribution in [3.8, 4) is 0 Å². The molecule has 2 rings (SSSR count). The third-order valence-electron chi connectivity index (χ3n) is 4.19. The Morgan fingerprint density at radius 2 is 1.79 bits per heavy atom. The lowest BCUT2D eigenvalue weighted by Crippen LogP contribution is -2.39. The number of aryl methyl sites for hydroxylation is 1. The average Bonchev–Trinajstić information content (AvgIpc) is 2.59. The SMILES string of the molecule is CCN(CC)C(CNC(=O)c1ccc(C)[nH]c1=O)c1ccccc1. The summed E-state index contributed by atoms with van der Waals surface area (Å²) in [5, 5.41) is 2.91. The molecule has 1 unspecified atom stereocenters. The van der Waals surface area contributed by atoms with Crippen LogP contribution < -0.4 is 10.9 Å². The fourth-order valence-electron chi connectivity index (χ4n) is 2.83. The molecule has 1 heterocycles. The van der Waals surface area contributed by atoms with Crippen LogP contribution in [0.2, 0.25) is 0 Å². The van der Waals surface area contributed by atoms with Crippen molar-refractivity contribution in [2.24, 2.45) is 0 Å². The Balaban J connectivity index is 2.15. The Morgan fingerprint density at radius 3 is 2.38 bits per heavy atom. The lowest BCUT2D eigenvalue weighted by molar-refractivity contribution is 0.0933. The largest absolute Gasteiger partial charge is 0.350 e. The molecule has 0 saturated heterocycles. The van der Waals surface area contributed by atoms with Crippen LogP contribution in [0, 0.1) is 6.92 Å². The summed E-state index contributed by atoms with van der Waals surface area (Å²) in [6.45, 7) is 8.22. The standard InChI is InChI=1S/C19H25N3O2/c1-4-22(5-2)17(15-9-7-6-8-10-15)13-20-18(23)16-12-11-14(3)21-19(16)24/h6-12,17H,4-5,13H2,1-3H3,(H,20,23)(H,21,24). The van der Waals surface area contributed by atoms with Gasteiger partial charge in [0.15, 0.2) is 0 Å². The van der Waals surface area contributed by atoms with Gasteiger partial charge in [-0.2, -0.15) is 0 Å². The molecule has 0 aliphatic heterocycles. The maximum Gasteiger partial charge on any atom is 0.260 e. The van der Waals surface area contributed by atoms with Crippen LogP contribution in [0.3, 0.4) is 0 Å². The number of carbonyl (C=O) groups is 1. The van der Waals surface area contributed by atoms with Crippen LogP contribution in [0.15, 0.2) is 47.3 Å². The highest BCUT2D eigenvalue weighted by molar-refractivity contribution is 5.93. The highest BCUT2D eigenvalue weighted by Crippen LogP contribution is 2.19. The van der Waals surface area contributed by atoms with E-state index >= 15 is 0 Å². The van der Waals surface area contributed by atoms with Crippen molar-refractivity contribution >= 4 is 5.91 Å². The molecule has 2 aromatic rings. The van der Waals surface area contributed by atoms with Crippen LogP contribution in [-0.4, -0.2) is 35.4 Å². The first-order valence-corrected chi connectivity index (χ1v) is 8.33. The number of hydrogen-bond acceptors (Lipinski definition) is 3. The summed E-state index contributed by atoms with van der Waals surface area (Å²) in [5.74, 6) is -0.343. The van der Waals surface area contributed by atoms with Crippen molar-refractivity contribution < 1.29 is 4.79 Å². The van der Waals surface area contributed by atoms with E-state index in [0.29, 0.717) is 6.54 Å². The molecular formula is C19H25N3O2. The van der Waals surface area contributed by atoms with Crippen molar-refractivity contribution in [1.82, 2.24) is 15.2 Å². The van der Waals surface area contributed by atoms with Crippen LogP contribution in [0.4, 0.5) is 0 Å². The number of carbonyl (C=O) groups excluding carboxylic acids is 1. The van der Waals surface area contributed by atoms with Crippen molar-refractivity contribution in [3.05, 3.63) is 69.6 Å². The summed E-state index contributed by atoms with van der Waals surface area (Å²) < 4.78 is 0. The van der Waals surface area contributed by atoms with Gasteiger partial charge in [0.1, 0.15) is 5.56 Å². The number of hydrogen-bond donors (Lipinski definition) is 2. The van der Waals surface area contributed by atoms with E-state index in [1.54, 1.807) is 19.1 Å². The third-order valence-corrected chi connectivity index (χ3v) is 4.19. The predicted octanol–water partition coefficient (Wildman–Crippen LogP) is 2.50. The number of rotatable bonds is 7. The van der Waals surface area contributed by atoms with Crippen LogP contribution in [-0.2, 0) is 0 Å². The van der Waals surface area contributed by atoms with Gasteiger partial charge in [0.2, 0.25) is 0 Å². The van der Waals surface area contributed by atoms with Crippen molar-refractivity contribution in [2.75, 3.05) is 19.6 Å². The molecule has 0 spiro atoms. The lowest BCUT2D eigenvalue weighted by Gasteiger charge is -2.30. The molecule has 0 aliphatic rings. The highest BCUT2D eigenvalue weighted by atomic mass is 16.2. The fourth-order valence-corrected chi connectivity index (χ4v) is 2.83. The van der Waals surface area contributed by atoms with E-state index in [9.17, 15) is 9.59 Å². The summed E-state index contributed by atoms with van der Waals surface area (Å²) in [4.78, 5) is 29.2. The maximum atomic E-state index is 12.4. The Hall–Kier alpha value is -2.40. The first-order valence-electron chi connectivity index (χ1n) is 8.33. The molecular weight excluding hydrogens is 302 g/mol. The molecule has 0 aliphatic carbocycles. The minimum Gasteiger partial charge on any atom is -0.350 e. The Kier molecular flexibility index (Phi) is 6.32. The van der Waals surface area contributed by atoms with Crippen molar-refractivity contribution in [3.63, 3.8) is 0 Å². The third kappa shape index (κ3) is 4.32. The van der Waals surface area contributed by atoms with E-state index in [1.807, 2.05) is 18.2 Å². The molecule has 1 atom stereocenters. The van der Waals surface area contributed by atoms with E-state index in [1.165, 1.54) is 0 Å². The van der Waals surface area contributed by atoms with E-state index < -0.39 is 0 Å². The molecule has 0 saturated carbocycles. The van der Waals surface area contributed by atoms with Gasteiger partial charge in [0.25, 0.3) is 11.5 Å². The Morgan fingerprint density at radius 1 is 1.12 bits per heavy atom. The van der Waals surface area contributed by atoms with E-state index in [0.717, 1.165) is 24.3 Å². The zero-order chi connectivity index (χ0) is 17.5. The van der Waals surface area contributed by atoms with Gasteiger partial charge in [-0.05, 0) is 37.7 Å². The van der Waals surface area contributed by atoms with Gasteiger partial charge in [-0.1, -0.05) is 44.2 Å². The predicted molar refractivity (Wildman–Crippen MR) is 96.2 cm³/mol. The van der Waals surface area contributed by atoms with Gasteiger partial charge in [0.05, 0.1) is 6.04 Å². The van der Waals surface area contributed by atoms with E-state index in [2.05, 4.69) is 41.2 Å². The summed E-state index contributed by atoms with van der Waals surface area (Å²) >= 11 is 0. The van der Waals surface area contributed by atoms with Crippen LogP contribution in [0.5, 0.6) is 0 Å². The zero-order valence-electron chi connectivity index (χ0n) is 14.5. The number of benzene rings is 1. The normalized spacial score (nSPS) is 12.2. The zero-order valence-corrected chi connectivity index (χ0v) is 14.5.